The molecule has 2 aromatic heterocycles. The summed E-state index contributed by atoms with van der Waals surface area (Å²) in [6, 6.07) is 44.3. The zero-order valence-electron chi connectivity index (χ0n) is 33.0. The number of fused-ring (bicyclic) bond motifs is 6. The molecule has 8 nitrogen and oxygen atoms in total. The molecule has 4 heterocycles. The van der Waals surface area contributed by atoms with Crippen LogP contribution in [0.15, 0.2) is 127 Å². The summed E-state index contributed by atoms with van der Waals surface area (Å²) in [5.74, 6) is 0. The van der Waals surface area contributed by atoms with E-state index in [2.05, 4.69) is 194 Å². The molecule has 0 radical (unpaired) electrons. The van der Waals surface area contributed by atoms with Gasteiger partial charge >= 0.3 is 0 Å². The maximum atomic E-state index is 6.13. The molecule has 10 rings (SSSR count). The molecule has 0 saturated heterocycles. The van der Waals surface area contributed by atoms with Crippen molar-refractivity contribution >= 4 is 84.2 Å². The van der Waals surface area contributed by atoms with Crippen molar-refractivity contribution in [2.45, 2.75) is 46.4 Å². The fourth-order valence-corrected chi connectivity index (χ4v) is 8.47. The van der Waals surface area contributed by atoms with E-state index < -0.39 is 0 Å². The van der Waals surface area contributed by atoms with Crippen molar-refractivity contribution < 1.29 is 33.1 Å². The van der Waals surface area contributed by atoms with Crippen molar-refractivity contribution in [2.75, 3.05) is 40.7 Å². The van der Waals surface area contributed by atoms with Gasteiger partial charge in [-0.3, -0.25) is 0 Å². The predicted octanol–water partition coefficient (Wildman–Crippen LogP) is 7.12. The Morgan fingerprint density at radius 3 is 1.72 bits per heavy atom. The first-order valence-corrected chi connectivity index (χ1v) is 19.1. The highest BCUT2D eigenvalue weighted by molar-refractivity contribution is 6.31. The van der Waals surface area contributed by atoms with Crippen LogP contribution < -0.4 is 52.7 Å². The Kier molecular flexibility index (Phi) is 10.2. The SMILES string of the molecule is C.CN1c2cc3c(cc2N(c2ccccc2)C1(C)C)nc1ccccc1[n+]3-c1ccccc1.CN1c2cc3nc4cc(Cl)ccc4[n+](C)c3cc2N(C)C1(C)C.[I-]. The molecule has 0 saturated carbocycles. The summed E-state index contributed by atoms with van der Waals surface area (Å²) in [5.41, 5.74) is 15.2. The highest BCUT2D eigenvalue weighted by Gasteiger charge is 2.43. The second kappa shape index (κ2) is 14.6. The molecular weight excluding hydrogens is 839 g/mol. The Morgan fingerprint density at radius 1 is 0.509 bits per heavy atom. The molecule has 2 aliphatic heterocycles. The molecule has 0 unspecified atom stereocenters. The van der Waals surface area contributed by atoms with Crippen LogP contribution in [0.2, 0.25) is 5.02 Å². The maximum Gasteiger partial charge on any atom is 0.239 e. The standard InChI is InChI=1S/C28H25N4.C18H20ClN4.CH4.HI/c1-28(2)30(3)26-19-25-23(18-27(26)32(28)21-14-8-5-9-15-21)29-22-16-10-11-17-24(22)31(25)20-12-6-4-7-13-20;1-18(2)22(4)16-9-13-15(10-17(16)23(18)5)21(3)14-7-6-11(19)8-12(14)20-13;;/h4-19H,1-3H3;6-10H,1-5H3;1H4;1H/q2*+1;;/p-1. The first-order valence-electron chi connectivity index (χ1n) is 18.7. The van der Waals surface area contributed by atoms with Gasteiger partial charge in [0.2, 0.25) is 27.8 Å². The van der Waals surface area contributed by atoms with Crippen molar-refractivity contribution in [1.29, 1.82) is 0 Å². The third-order valence-electron chi connectivity index (χ3n) is 12.0. The molecule has 6 aromatic carbocycles. The monoisotopic (exact) mass is 887 g/mol. The van der Waals surface area contributed by atoms with Crippen molar-refractivity contribution in [3.05, 3.63) is 132 Å². The Balaban J connectivity index is 0.000000177. The Morgan fingerprint density at radius 2 is 1.02 bits per heavy atom. The lowest BCUT2D eigenvalue weighted by molar-refractivity contribution is -0.617. The van der Waals surface area contributed by atoms with E-state index in [1.54, 1.807) is 0 Å². The van der Waals surface area contributed by atoms with E-state index >= 15 is 0 Å². The number of halogens is 2. The number of aromatic nitrogens is 4. The van der Waals surface area contributed by atoms with E-state index in [4.69, 9.17) is 21.6 Å². The van der Waals surface area contributed by atoms with Crippen LogP contribution in [0.5, 0.6) is 0 Å². The second-order valence-corrected chi connectivity index (χ2v) is 16.0. The topological polar surface area (TPSA) is 46.5 Å². The van der Waals surface area contributed by atoms with Crippen LogP contribution in [0.4, 0.5) is 28.4 Å². The molecule has 8 aromatic rings. The fraction of sp³-hybridized carbons (Fsp3) is 0.234. The van der Waals surface area contributed by atoms with Crippen molar-refractivity contribution in [3.63, 3.8) is 0 Å². The molecule has 2 aliphatic rings. The van der Waals surface area contributed by atoms with E-state index in [0.29, 0.717) is 5.02 Å². The minimum absolute atomic E-state index is 0. The lowest BCUT2D eigenvalue weighted by Crippen LogP contribution is -3.00. The first-order chi connectivity index (χ1) is 26.4. The Hall–Kier alpha value is -5.26. The van der Waals surface area contributed by atoms with Gasteiger partial charge in [0.05, 0.1) is 22.7 Å². The minimum atomic E-state index is -0.210. The second-order valence-electron chi connectivity index (χ2n) is 15.6. The first kappa shape index (κ1) is 40.0. The van der Waals surface area contributed by atoms with Gasteiger partial charge in [0, 0.05) is 68.3 Å². The quantitative estimate of drug-likeness (QED) is 0.105. The molecule has 0 amide bonds. The summed E-state index contributed by atoms with van der Waals surface area (Å²) in [4.78, 5) is 19.3. The summed E-state index contributed by atoms with van der Waals surface area (Å²) >= 11 is 6.13. The number of anilines is 5. The van der Waals surface area contributed by atoms with E-state index in [1.165, 1.54) is 28.4 Å². The number of rotatable bonds is 2. The van der Waals surface area contributed by atoms with Gasteiger partial charge in [0.25, 0.3) is 0 Å². The van der Waals surface area contributed by atoms with Crippen LogP contribution in [0.25, 0.3) is 49.8 Å². The van der Waals surface area contributed by atoms with Gasteiger partial charge in [-0.2, -0.15) is 4.57 Å². The lowest BCUT2D eigenvalue weighted by Gasteiger charge is -2.38. The number of hydrogen-bond acceptors (Lipinski definition) is 6. The molecule has 0 atom stereocenters. The van der Waals surface area contributed by atoms with Crippen LogP contribution in [-0.2, 0) is 7.05 Å². The maximum absolute atomic E-state index is 6.13. The normalized spacial score (nSPS) is 15.0. The van der Waals surface area contributed by atoms with Gasteiger partial charge in [-0.05, 0) is 70.2 Å². The fourth-order valence-electron chi connectivity index (χ4n) is 8.30. The molecule has 0 aliphatic carbocycles. The molecule has 0 spiro atoms. The van der Waals surface area contributed by atoms with Crippen LogP contribution in [0.3, 0.4) is 0 Å². The Labute approximate surface area is 357 Å². The summed E-state index contributed by atoms with van der Waals surface area (Å²) in [6.07, 6.45) is 0. The van der Waals surface area contributed by atoms with E-state index in [-0.39, 0.29) is 42.7 Å². The predicted molar refractivity (Wildman–Crippen MR) is 235 cm³/mol. The summed E-state index contributed by atoms with van der Waals surface area (Å²) in [7, 11) is 8.53. The van der Waals surface area contributed by atoms with E-state index in [1.807, 2.05) is 18.2 Å². The van der Waals surface area contributed by atoms with E-state index in [0.717, 1.165) is 49.8 Å². The van der Waals surface area contributed by atoms with Crippen LogP contribution >= 0.6 is 11.6 Å². The minimum Gasteiger partial charge on any atom is -1.00 e. The third-order valence-corrected chi connectivity index (χ3v) is 12.2. The van der Waals surface area contributed by atoms with Gasteiger partial charge in [-0.1, -0.05) is 67.6 Å². The highest BCUT2D eigenvalue weighted by Crippen LogP contribution is 2.49. The zero-order chi connectivity index (χ0) is 38.4. The molecule has 57 heavy (non-hydrogen) atoms. The van der Waals surface area contributed by atoms with Crippen molar-refractivity contribution in [3.8, 4) is 5.69 Å². The molecule has 0 fully saturated rings. The van der Waals surface area contributed by atoms with Gasteiger partial charge in [-0.25, -0.2) is 9.97 Å². The molecule has 10 heteroatoms. The van der Waals surface area contributed by atoms with Crippen molar-refractivity contribution in [1.82, 2.24) is 9.97 Å². The van der Waals surface area contributed by atoms with Crippen LogP contribution in [-0.4, -0.2) is 42.4 Å². The largest absolute Gasteiger partial charge is 1.00 e. The Bertz CT molecular complexity index is 2810. The average molecular weight is 888 g/mol. The van der Waals surface area contributed by atoms with Gasteiger partial charge in [0.1, 0.15) is 40.4 Å². The number of aryl methyl sites for hydroxylation is 1. The molecular formula is C47H49ClIN8+. The van der Waals surface area contributed by atoms with Gasteiger partial charge in [-0.15, -0.1) is 4.57 Å². The number of para-hydroxylation sites is 4. The molecule has 0 N–H and O–H groups in total. The third kappa shape index (κ3) is 6.26. The number of hydrogen-bond donors (Lipinski definition) is 0. The van der Waals surface area contributed by atoms with E-state index in [9.17, 15) is 0 Å². The zero-order valence-corrected chi connectivity index (χ0v) is 35.9. The smallest absolute Gasteiger partial charge is 0.239 e. The van der Waals surface area contributed by atoms with Crippen LogP contribution in [0.1, 0.15) is 35.1 Å². The lowest BCUT2D eigenvalue weighted by atomic mass is 10.1. The molecule has 290 valence electrons. The molecule has 0 bridgehead atoms. The summed E-state index contributed by atoms with van der Waals surface area (Å²) < 4.78 is 4.51. The highest BCUT2D eigenvalue weighted by atomic mass is 127. The van der Waals surface area contributed by atoms with Gasteiger partial charge in [0.15, 0.2) is 0 Å². The average Bonchev–Trinajstić information content (AvgIpc) is 3.48. The number of benzene rings is 6. The summed E-state index contributed by atoms with van der Waals surface area (Å²) in [5, 5.41) is 0.712. The summed E-state index contributed by atoms with van der Waals surface area (Å²) in [6.45, 7) is 8.97. The number of nitrogens with zero attached hydrogens (tertiary/aromatic N) is 8. The van der Waals surface area contributed by atoms with Crippen LogP contribution in [0, 0.1) is 0 Å². The van der Waals surface area contributed by atoms with Gasteiger partial charge < -0.3 is 43.6 Å². The van der Waals surface area contributed by atoms with Crippen molar-refractivity contribution in [2.24, 2.45) is 7.05 Å².